The van der Waals surface area contributed by atoms with Crippen LogP contribution in [0.4, 0.5) is 0 Å². The van der Waals surface area contributed by atoms with E-state index in [0.717, 1.165) is 43.6 Å². The number of aromatic nitrogens is 2. The summed E-state index contributed by atoms with van der Waals surface area (Å²) in [6.07, 6.45) is 0.757. The minimum absolute atomic E-state index is 0.0594. The van der Waals surface area contributed by atoms with E-state index in [1.165, 1.54) is 0 Å². The number of allylic oxidation sites excluding steroid dienone is 1. The molecule has 1 aliphatic heterocycles. The molecule has 23 heavy (non-hydrogen) atoms. The maximum atomic E-state index is 13.1. The topological polar surface area (TPSA) is 44.1 Å². The zero-order valence-corrected chi connectivity index (χ0v) is 15.7. The molecule has 1 aliphatic rings. The molecule has 0 saturated carbocycles. The van der Waals surface area contributed by atoms with E-state index in [0.29, 0.717) is 13.2 Å². The third-order valence-corrected chi connectivity index (χ3v) is 5.82. The molecule has 6 heteroatoms. The molecule has 124 valence electrons. The summed E-state index contributed by atoms with van der Waals surface area (Å²) < 4.78 is 7.66. The molecule has 0 atom stereocenters. The van der Waals surface area contributed by atoms with Gasteiger partial charge in [0.1, 0.15) is 4.83 Å². The van der Waals surface area contributed by atoms with Crippen LogP contribution in [0.5, 0.6) is 0 Å². The van der Waals surface area contributed by atoms with Crippen molar-refractivity contribution < 1.29 is 4.74 Å². The molecule has 0 fully saturated rings. The SMILES string of the molecule is C=C(C)Cn1c(SCC)nc2sc3c(c2c1=O)CC(C)(C)OC3. The second kappa shape index (κ2) is 6.07. The lowest BCUT2D eigenvalue weighted by molar-refractivity contribution is -0.0379. The van der Waals surface area contributed by atoms with Gasteiger partial charge in [0.05, 0.1) is 17.6 Å². The Bertz CT molecular complexity index is 833. The van der Waals surface area contributed by atoms with E-state index in [4.69, 9.17) is 9.72 Å². The zero-order chi connectivity index (χ0) is 16.8. The van der Waals surface area contributed by atoms with Crippen LogP contribution in [0, 0.1) is 0 Å². The number of ether oxygens (including phenoxy) is 1. The minimum Gasteiger partial charge on any atom is -0.370 e. The highest BCUT2D eigenvalue weighted by Crippen LogP contribution is 2.37. The summed E-state index contributed by atoms with van der Waals surface area (Å²) in [5, 5.41) is 1.56. The summed E-state index contributed by atoms with van der Waals surface area (Å²) in [6, 6.07) is 0. The van der Waals surface area contributed by atoms with Gasteiger partial charge in [0.2, 0.25) is 0 Å². The number of nitrogens with zero attached hydrogens (tertiary/aromatic N) is 2. The maximum absolute atomic E-state index is 13.1. The van der Waals surface area contributed by atoms with E-state index in [2.05, 4.69) is 27.4 Å². The van der Waals surface area contributed by atoms with Gasteiger partial charge in [-0.2, -0.15) is 0 Å². The van der Waals surface area contributed by atoms with Gasteiger partial charge >= 0.3 is 0 Å². The van der Waals surface area contributed by atoms with Crippen molar-refractivity contribution in [2.24, 2.45) is 0 Å². The largest absolute Gasteiger partial charge is 0.370 e. The van der Waals surface area contributed by atoms with Crippen molar-refractivity contribution in [1.82, 2.24) is 9.55 Å². The quantitative estimate of drug-likeness (QED) is 0.475. The molecule has 0 aromatic carbocycles. The molecular weight excluding hydrogens is 328 g/mol. The van der Waals surface area contributed by atoms with Crippen molar-refractivity contribution in [3.05, 3.63) is 32.9 Å². The second-order valence-electron chi connectivity index (χ2n) is 6.58. The van der Waals surface area contributed by atoms with Gasteiger partial charge in [-0.05, 0) is 32.1 Å². The van der Waals surface area contributed by atoms with Crippen molar-refractivity contribution in [3.8, 4) is 0 Å². The fourth-order valence-electron chi connectivity index (χ4n) is 2.86. The molecule has 3 rings (SSSR count). The van der Waals surface area contributed by atoms with Crippen LogP contribution in [0.3, 0.4) is 0 Å². The van der Waals surface area contributed by atoms with Gasteiger partial charge in [-0.25, -0.2) is 4.98 Å². The zero-order valence-electron chi connectivity index (χ0n) is 14.1. The van der Waals surface area contributed by atoms with Crippen molar-refractivity contribution in [1.29, 1.82) is 0 Å². The van der Waals surface area contributed by atoms with Gasteiger partial charge < -0.3 is 4.74 Å². The monoisotopic (exact) mass is 350 g/mol. The number of thioether (sulfide) groups is 1. The van der Waals surface area contributed by atoms with Crippen LogP contribution in [-0.4, -0.2) is 20.9 Å². The first kappa shape index (κ1) is 16.7. The van der Waals surface area contributed by atoms with Gasteiger partial charge in [0.15, 0.2) is 5.16 Å². The predicted octanol–water partition coefficient (Wildman–Crippen LogP) is 4.00. The lowest BCUT2D eigenvalue weighted by Gasteiger charge is -2.29. The number of fused-ring (bicyclic) bond motifs is 3. The van der Waals surface area contributed by atoms with Crippen LogP contribution >= 0.6 is 23.1 Å². The highest BCUT2D eigenvalue weighted by Gasteiger charge is 2.31. The Hall–Kier alpha value is -1.11. The summed E-state index contributed by atoms with van der Waals surface area (Å²) >= 11 is 3.20. The van der Waals surface area contributed by atoms with Crippen LogP contribution in [0.1, 0.15) is 38.1 Å². The van der Waals surface area contributed by atoms with Gasteiger partial charge in [-0.3, -0.25) is 9.36 Å². The van der Waals surface area contributed by atoms with Gasteiger partial charge in [-0.1, -0.05) is 30.8 Å². The number of hydrogen-bond donors (Lipinski definition) is 0. The first-order valence-electron chi connectivity index (χ1n) is 7.78. The van der Waals surface area contributed by atoms with E-state index in [1.54, 1.807) is 27.7 Å². The summed E-state index contributed by atoms with van der Waals surface area (Å²) in [7, 11) is 0. The first-order valence-corrected chi connectivity index (χ1v) is 9.59. The predicted molar refractivity (Wildman–Crippen MR) is 97.7 cm³/mol. The van der Waals surface area contributed by atoms with Crippen molar-refractivity contribution in [2.45, 2.75) is 58.0 Å². The average Bonchev–Trinajstić information content (AvgIpc) is 2.79. The molecule has 3 heterocycles. The third kappa shape index (κ3) is 3.12. The molecule has 0 amide bonds. The van der Waals surface area contributed by atoms with Gasteiger partial charge in [-0.15, -0.1) is 11.3 Å². The number of hydrogen-bond acceptors (Lipinski definition) is 5. The lowest BCUT2D eigenvalue weighted by atomic mass is 9.94. The van der Waals surface area contributed by atoms with Crippen LogP contribution in [-0.2, 0) is 24.3 Å². The smallest absolute Gasteiger partial charge is 0.263 e. The summed E-state index contributed by atoms with van der Waals surface area (Å²) in [6.45, 7) is 13.2. The summed E-state index contributed by atoms with van der Waals surface area (Å²) in [5.74, 6) is 0.884. The van der Waals surface area contributed by atoms with Crippen LogP contribution < -0.4 is 5.56 Å². The Kier molecular flexibility index (Phi) is 4.42. The second-order valence-corrected chi connectivity index (χ2v) is 8.90. The molecule has 0 aliphatic carbocycles. The van der Waals surface area contributed by atoms with Crippen LogP contribution in [0.25, 0.3) is 10.2 Å². The Balaban J connectivity index is 2.26. The highest BCUT2D eigenvalue weighted by molar-refractivity contribution is 7.99. The van der Waals surface area contributed by atoms with Gasteiger partial charge in [0, 0.05) is 17.8 Å². The molecule has 2 aromatic rings. The van der Waals surface area contributed by atoms with E-state index in [1.807, 2.05) is 6.92 Å². The normalized spacial score (nSPS) is 16.5. The Morgan fingerprint density at radius 1 is 1.52 bits per heavy atom. The van der Waals surface area contributed by atoms with E-state index in [9.17, 15) is 4.79 Å². The highest BCUT2D eigenvalue weighted by atomic mass is 32.2. The van der Waals surface area contributed by atoms with E-state index < -0.39 is 0 Å². The van der Waals surface area contributed by atoms with Crippen molar-refractivity contribution in [3.63, 3.8) is 0 Å². The molecule has 0 spiro atoms. The fourth-order valence-corrected chi connectivity index (χ4v) is 4.72. The van der Waals surface area contributed by atoms with Gasteiger partial charge in [0.25, 0.3) is 5.56 Å². The lowest BCUT2D eigenvalue weighted by Crippen LogP contribution is -2.32. The molecule has 0 N–H and O–H groups in total. The van der Waals surface area contributed by atoms with E-state index in [-0.39, 0.29) is 11.2 Å². The fraction of sp³-hybridized carbons (Fsp3) is 0.529. The summed E-state index contributed by atoms with van der Waals surface area (Å²) in [5.41, 5.74) is 1.91. The Morgan fingerprint density at radius 2 is 2.26 bits per heavy atom. The Labute approximate surface area is 144 Å². The first-order chi connectivity index (χ1) is 10.8. The standard InChI is InChI=1S/C17H22N2O2S2/c1-6-22-16-18-14-13(15(20)19(16)8-10(2)3)11-7-17(4,5)21-9-12(11)23-14/h2,6-9H2,1,3-5H3. The molecule has 4 nitrogen and oxygen atoms in total. The maximum Gasteiger partial charge on any atom is 0.263 e. The summed E-state index contributed by atoms with van der Waals surface area (Å²) in [4.78, 5) is 19.9. The van der Waals surface area contributed by atoms with Crippen molar-refractivity contribution >= 4 is 33.3 Å². The molecule has 0 saturated heterocycles. The van der Waals surface area contributed by atoms with Crippen molar-refractivity contribution in [2.75, 3.05) is 5.75 Å². The van der Waals surface area contributed by atoms with E-state index >= 15 is 0 Å². The number of thiophene rings is 1. The molecule has 0 radical (unpaired) electrons. The molecular formula is C17H22N2O2S2. The minimum atomic E-state index is -0.233. The van der Waals surface area contributed by atoms with Crippen LogP contribution in [0.2, 0.25) is 0 Å². The average molecular weight is 351 g/mol. The number of rotatable bonds is 4. The molecule has 0 bridgehead atoms. The molecule has 2 aromatic heterocycles. The molecule has 0 unspecified atom stereocenters. The van der Waals surface area contributed by atoms with Crippen LogP contribution in [0.15, 0.2) is 22.1 Å². The Morgan fingerprint density at radius 3 is 2.91 bits per heavy atom. The third-order valence-electron chi connectivity index (χ3n) is 3.86.